The predicted molar refractivity (Wildman–Crippen MR) is 45.7 cm³/mol. The van der Waals surface area contributed by atoms with E-state index in [4.69, 9.17) is 27.8 Å². The first-order chi connectivity index (χ1) is 5.02. The lowest BCUT2D eigenvalue weighted by atomic mass is 10.3. The minimum Gasteiger partial charge on any atom is -0.285 e. The highest BCUT2D eigenvalue weighted by Crippen LogP contribution is 2.07. The summed E-state index contributed by atoms with van der Waals surface area (Å²) in [6.07, 6.45) is 1.34. The number of alkyl halides is 1. The molecule has 1 N–H and O–H groups in total. The summed E-state index contributed by atoms with van der Waals surface area (Å²) in [5.41, 5.74) is 1.05. The summed E-state index contributed by atoms with van der Waals surface area (Å²) in [6, 6.07) is 0. The minimum absolute atomic E-state index is 0.156. The van der Waals surface area contributed by atoms with Crippen molar-refractivity contribution in [1.82, 2.24) is 0 Å². The quantitative estimate of drug-likeness (QED) is 0.577. The Bertz CT molecular complexity index is 222. The molecule has 0 aliphatic heterocycles. The Hall–Kier alpha value is 0.230. The van der Waals surface area contributed by atoms with Crippen molar-refractivity contribution in [3.63, 3.8) is 0 Å². The molecule has 1 atom stereocenters. The highest BCUT2D eigenvalue weighted by Gasteiger charge is 2.18. The maximum Gasteiger partial charge on any atom is 0.271 e. The molecule has 0 heterocycles. The van der Waals surface area contributed by atoms with Crippen LogP contribution in [0, 0.1) is 0 Å². The third kappa shape index (κ3) is 4.63. The SMILES string of the molecule is O=S(=O)(O)[C@@H](/C=C/Cl)CCCl. The summed E-state index contributed by atoms with van der Waals surface area (Å²) in [7, 11) is -4.04. The average Bonchev–Trinajstić information content (AvgIpc) is 1.85. The molecule has 0 amide bonds. The summed E-state index contributed by atoms with van der Waals surface area (Å²) >= 11 is 10.4. The molecule has 0 fully saturated rings. The maximum absolute atomic E-state index is 10.5. The van der Waals surface area contributed by atoms with Crippen LogP contribution in [0.5, 0.6) is 0 Å². The minimum atomic E-state index is -4.04. The highest BCUT2D eigenvalue weighted by atomic mass is 35.5. The average molecular weight is 219 g/mol. The third-order valence-corrected chi connectivity index (χ3v) is 2.59. The fraction of sp³-hybridized carbons (Fsp3) is 0.600. The molecule has 0 aromatic heterocycles. The zero-order chi connectivity index (χ0) is 8.91. The van der Waals surface area contributed by atoms with Crippen LogP contribution in [0.4, 0.5) is 0 Å². The van der Waals surface area contributed by atoms with Crippen LogP contribution in [-0.2, 0) is 10.1 Å². The second-order valence-corrected chi connectivity index (χ2v) is 4.11. The second-order valence-electron chi connectivity index (χ2n) is 1.85. The molecular weight excluding hydrogens is 211 g/mol. The lowest BCUT2D eigenvalue weighted by molar-refractivity contribution is 0.473. The summed E-state index contributed by atoms with van der Waals surface area (Å²) in [5, 5.41) is -0.988. The van der Waals surface area contributed by atoms with Crippen LogP contribution in [0.2, 0.25) is 0 Å². The fourth-order valence-corrected chi connectivity index (χ4v) is 1.85. The second kappa shape index (κ2) is 4.98. The third-order valence-electron chi connectivity index (χ3n) is 1.06. The van der Waals surface area contributed by atoms with E-state index in [1.54, 1.807) is 0 Å². The van der Waals surface area contributed by atoms with Crippen molar-refractivity contribution >= 4 is 33.3 Å². The van der Waals surface area contributed by atoms with Gasteiger partial charge >= 0.3 is 0 Å². The van der Waals surface area contributed by atoms with Crippen LogP contribution in [0.15, 0.2) is 11.6 Å². The van der Waals surface area contributed by atoms with E-state index in [0.717, 1.165) is 5.54 Å². The summed E-state index contributed by atoms with van der Waals surface area (Å²) in [4.78, 5) is 0. The first kappa shape index (κ1) is 11.2. The van der Waals surface area contributed by atoms with Gasteiger partial charge in [0.2, 0.25) is 0 Å². The molecule has 0 unspecified atom stereocenters. The lowest BCUT2D eigenvalue weighted by Gasteiger charge is -2.04. The molecule has 0 saturated carbocycles. The largest absolute Gasteiger partial charge is 0.285 e. The molecule has 0 aromatic carbocycles. The van der Waals surface area contributed by atoms with Crippen LogP contribution in [0.1, 0.15) is 6.42 Å². The molecule has 0 aliphatic carbocycles. The van der Waals surface area contributed by atoms with Gasteiger partial charge in [-0.3, -0.25) is 4.55 Å². The predicted octanol–water partition coefficient (Wildman–Crippen LogP) is 1.62. The molecule has 0 aromatic rings. The number of hydrogen-bond acceptors (Lipinski definition) is 2. The Kier molecular flexibility index (Phi) is 5.08. The van der Waals surface area contributed by atoms with Crippen molar-refractivity contribution in [2.24, 2.45) is 0 Å². The Morgan fingerprint density at radius 1 is 1.55 bits per heavy atom. The number of halogens is 2. The van der Waals surface area contributed by atoms with E-state index in [-0.39, 0.29) is 12.3 Å². The Morgan fingerprint density at radius 3 is 2.36 bits per heavy atom. The molecule has 6 heteroatoms. The van der Waals surface area contributed by atoms with E-state index in [2.05, 4.69) is 0 Å². The molecular formula is C5H8Cl2O3S. The normalized spacial score (nSPS) is 15.5. The van der Waals surface area contributed by atoms with Gasteiger partial charge in [-0.1, -0.05) is 17.7 Å². The highest BCUT2D eigenvalue weighted by molar-refractivity contribution is 7.86. The Balaban J connectivity index is 4.35. The molecule has 11 heavy (non-hydrogen) atoms. The van der Waals surface area contributed by atoms with Gasteiger partial charge in [0.1, 0.15) is 5.25 Å². The molecule has 0 rings (SSSR count). The van der Waals surface area contributed by atoms with Crippen molar-refractivity contribution in [1.29, 1.82) is 0 Å². The smallest absolute Gasteiger partial charge is 0.271 e. The van der Waals surface area contributed by atoms with E-state index in [9.17, 15) is 8.42 Å². The van der Waals surface area contributed by atoms with Crippen molar-refractivity contribution in [3.8, 4) is 0 Å². The molecule has 0 spiro atoms. The van der Waals surface area contributed by atoms with Gasteiger partial charge in [0.05, 0.1) is 0 Å². The maximum atomic E-state index is 10.5. The van der Waals surface area contributed by atoms with Crippen molar-refractivity contribution in [3.05, 3.63) is 11.6 Å². The first-order valence-corrected chi connectivity index (χ1v) is 5.29. The van der Waals surface area contributed by atoms with Gasteiger partial charge < -0.3 is 0 Å². The Morgan fingerprint density at radius 2 is 2.09 bits per heavy atom. The van der Waals surface area contributed by atoms with Gasteiger partial charge in [0.25, 0.3) is 10.1 Å². The topological polar surface area (TPSA) is 54.4 Å². The standard InChI is InChI=1S/C5H8Cl2O3S/c6-3-1-5(2-4-7)11(8,9)10/h1,3,5H,2,4H2,(H,8,9,10)/b3-1+/t5-/m0/s1. The lowest BCUT2D eigenvalue weighted by Crippen LogP contribution is -2.18. The van der Waals surface area contributed by atoms with Gasteiger partial charge in [-0.15, -0.1) is 11.6 Å². The summed E-state index contributed by atoms with van der Waals surface area (Å²) in [6.45, 7) is 0. The zero-order valence-corrected chi connectivity index (χ0v) is 7.90. The molecule has 66 valence electrons. The summed E-state index contributed by atoms with van der Waals surface area (Å²) in [5.74, 6) is 0.158. The molecule has 0 radical (unpaired) electrons. The van der Waals surface area contributed by atoms with Crippen molar-refractivity contribution in [2.45, 2.75) is 11.7 Å². The van der Waals surface area contributed by atoms with Crippen LogP contribution in [0.3, 0.4) is 0 Å². The van der Waals surface area contributed by atoms with Gasteiger partial charge in [-0.05, 0) is 6.42 Å². The van der Waals surface area contributed by atoms with Crippen LogP contribution < -0.4 is 0 Å². The zero-order valence-electron chi connectivity index (χ0n) is 5.57. The van der Waals surface area contributed by atoms with Gasteiger partial charge in [0.15, 0.2) is 0 Å². The summed E-state index contributed by atoms with van der Waals surface area (Å²) < 4.78 is 29.5. The van der Waals surface area contributed by atoms with Crippen LogP contribution in [-0.4, -0.2) is 24.1 Å². The Labute approximate surface area is 75.7 Å². The van der Waals surface area contributed by atoms with E-state index in [1.807, 2.05) is 0 Å². The van der Waals surface area contributed by atoms with Crippen molar-refractivity contribution < 1.29 is 13.0 Å². The van der Waals surface area contributed by atoms with Gasteiger partial charge in [-0.2, -0.15) is 8.42 Å². The van der Waals surface area contributed by atoms with Gasteiger partial charge in [0, 0.05) is 11.4 Å². The van der Waals surface area contributed by atoms with Crippen LogP contribution in [0.25, 0.3) is 0 Å². The van der Waals surface area contributed by atoms with Crippen molar-refractivity contribution in [2.75, 3.05) is 5.88 Å². The number of hydrogen-bond donors (Lipinski definition) is 1. The van der Waals surface area contributed by atoms with E-state index in [1.165, 1.54) is 6.08 Å². The van der Waals surface area contributed by atoms with E-state index >= 15 is 0 Å². The molecule has 0 aliphatic rings. The number of rotatable bonds is 4. The van der Waals surface area contributed by atoms with E-state index < -0.39 is 15.4 Å². The van der Waals surface area contributed by atoms with Crippen LogP contribution >= 0.6 is 23.2 Å². The molecule has 0 saturated heterocycles. The molecule has 0 bridgehead atoms. The first-order valence-electron chi connectivity index (χ1n) is 2.81. The monoisotopic (exact) mass is 218 g/mol. The molecule has 3 nitrogen and oxygen atoms in total. The fourth-order valence-electron chi connectivity index (χ4n) is 0.533. The van der Waals surface area contributed by atoms with E-state index in [0.29, 0.717) is 0 Å². The van der Waals surface area contributed by atoms with Gasteiger partial charge in [-0.25, -0.2) is 0 Å².